The molecule has 0 saturated heterocycles. The van der Waals surface area contributed by atoms with Gasteiger partial charge in [0, 0.05) is 18.0 Å². The lowest BCUT2D eigenvalue weighted by atomic mass is 10.0. The van der Waals surface area contributed by atoms with Crippen molar-refractivity contribution < 1.29 is 14.3 Å². The fourth-order valence-electron chi connectivity index (χ4n) is 2.91. The number of hydrogen-bond donors (Lipinski definition) is 1. The maximum Gasteiger partial charge on any atom is 0.345 e. The molecule has 0 aliphatic rings. The minimum atomic E-state index is -0.598. The molecule has 1 amide bonds. The van der Waals surface area contributed by atoms with E-state index >= 15 is 0 Å². The molecule has 0 aliphatic heterocycles. The Hall–Kier alpha value is -4.10. The summed E-state index contributed by atoms with van der Waals surface area (Å²) in [6.07, 6.45) is 5.64. The van der Waals surface area contributed by atoms with Crippen LogP contribution in [0.3, 0.4) is 0 Å². The van der Waals surface area contributed by atoms with Gasteiger partial charge in [0.2, 0.25) is 0 Å². The van der Waals surface area contributed by atoms with Crippen molar-refractivity contribution in [3.8, 4) is 5.75 Å². The Morgan fingerprint density at radius 3 is 2.61 bits per heavy atom. The number of amides is 1. The van der Waals surface area contributed by atoms with Crippen molar-refractivity contribution >= 4 is 40.5 Å². The van der Waals surface area contributed by atoms with Crippen molar-refractivity contribution in [2.45, 2.75) is 0 Å². The zero-order chi connectivity index (χ0) is 21.6. The Morgan fingerprint density at radius 1 is 1.00 bits per heavy atom. The van der Waals surface area contributed by atoms with Crippen LogP contribution in [0.5, 0.6) is 5.75 Å². The molecule has 0 fully saturated rings. The van der Waals surface area contributed by atoms with Crippen LogP contribution < -0.4 is 10.2 Å². The lowest BCUT2D eigenvalue weighted by Crippen LogP contribution is -2.19. The molecule has 1 N–H and O–H groups in total. The van der Waals surface area contributed by atoms with E-state index < -0.39 is 11.9 Å². The van der Waals surface area contributed by atoms with E-state index in [4.69, 9.17) is 16.3 Å². The van der Waals surface area contributed by atoms with Gasteiger partial charge in [0.25, 0.3) is 5.91 Å². The molecule has 3 aromatic carbocycles. The Balaban J connectivity index is 1.65. The third kappa shape index (κ3) is 4.57. The largest absolute Gasteiger partial charge is 0.422 e. The summed E-state index contributed by atoms with van der Waals surface area (Å²) < 4.78 is 5.61. The van der Waals surface area contributed by atoms with E-state index in [-0.39, 0.29) is 17.0 Å². The molecule has 4 aromatic rings. The van der Waals surface area contributed by atoms with Crippen LogP contribution in [0.15, 0.2) is 84.4 Å². The van der Waals surface area contributed by atoms with Crippen LogP contribution in [0.25, 0.3) is 10.8 Å². The highest BCUT2D eigenvalue weighted by Crippen LogP contribution is 2.28. The van der Waals surface area contributed by atoms with Crippen LogP contribution in [0.1, 0.15) is 26.4 Å². The van der Waals surface area contributed by atoms with Crippen molar-refractivity contribution in [1.29, 1.82) is 0 Å². The number of fused-ring (bicyclic) bond motifs is 1. The Kier molecular flexibility index (Phi) is 5.96. The molecule has 1 heterocycles. The fourth-order valence-corrected chi connectivity index (χ4v) is 3.12. The van der Waals surface area contributed by atoms with Gasteiger partial charge < -0.3 is 4.74 Å². The molecule has 4 rings (SSSR count). The molecule has 0 bridgehead atoms. The number of ether oxygens (including phenoxy) is 1. The second-order valence-electron chi connectivity index (χ2n) is 6.36. The summed E-state index contributed by atoms with van der Waals surface area (Å²) in [5, 5.41) is 6.02. The number of benzene rings is 3. The van der Waals surface area contributed by atoms with E-state index in [2.05, 4.69) is 20.5 Å². The SMILES string of the molecule is O=C(NN=Cc1c(OC(=O)c2ccccc2Cl)ccc2ccccc12)c1cnccn1. The predicted molar refractivity (Wildman–Crippen MR) is 117 cm³/mol. The van der Waals surface area contributed by atoms with E-state index in [0.717, 1.165) is 10.8 Å². The molecule has 0 radical (unpaired) electrons. The molecule has 0 aliphatic carbocycles. The summed E-state index contributed by atoms with van der Waals surface area (Å²) in [5.74, 6) is -0.834. The maximum atomic E-state index is 12.7. The number of carbonyl (C=O) groups is 2. The first-order valence-corrected chi connectivity index (χ1v) is 9.59. The summed E-state index contributed by atoms with van der Waals surface area (Å²) in [6, 6.07) is 17.7. The molecule has 31 heavy (non-hydrogen) atoms. The fraction of sp³-hybridized carbons (Fsp3) is 0. The van der Waals surface area contributed by atoms with E-state index in [0.29, 0.717) is 10.6 Å². The molecular formula is C23H15ClN4O3. The highest BCUT2D eigenvalue weighted by Gasteiger charge is 2.16. The van der Waals surface area contributed by atoms with Gasteiger partial charge in [-0.1, -0.05) is 54.1 Å². The number of aromatic nitrogens is 2. The van der Waals surface area contributed by atoms with Gasteiger partial charge in [0.1, 0.15) is 11.4 Å². The van der Waals surface area contributed by atoms with Gasteiger partial charge in [-0.25, -0.2) is 15.2 Å². The lowest BCUT2D eigenvalue weighted by Gasteiger charge is -2.11. The Morgan fingerprint density at radius 2 is 1.81 bits per heavy atom. The smallest absolute Gasteiger partial charge is 0.345 e. The third-order valence-electron chi connectivity index (χ3n) is 4.38. The minimum Gasteiger partial charge on any atom is -0.422 e. The molecule has 0 unspecified atom stereocenters. The second kappa shape index (κ2) is 9.15. The van der Waals surface area contributed by atoms with Crippen LogP contribution >= 0.6 is 11.6 Å². The van der Waals surface area contributed by atoms with Crippen molar-refractivity contribution in [2.75, 3.05) is 0 Å². The normalized spacial score (nSPS) is 10.9. The summed E-state index contributed by atoms with van der Waals surface area (Å²) in [4.78, 5) is 32.6. The zero-order valence-corrected chi connectivity index (χ0v) is 16.8. The average Bonchev–Trinajstić information content (AvgIpc) is 2.81. The molecule has 0 atom stereocenters. The van der Waals surface area contributed by atoms with Gasteiger partial charge in [0.05, 0.1) is 23.0 Å². The van der Waals surface area contributed by atoms with Crippen LogP contribution in [0, 0.1) is 0 Å². The number of hydrogen-bond acceptors (Lipinski definition) is 6. The van der Waals surface area contributed by atoms with Crippen molar-refractivity contribution in [2.24, 2.45) is 5.10 Å². The molecule has 0 saturated carbocycles. The zero-order valence-electron chi connectivity index (χ0n) is 16.0. The Labute approximate surface area is 182 Å². The number of rotatable bonds is 5. The number of nitrogens with zero attached hydrogens (tertiary/aromatic N) is 3. The van der Waals surface area contributed by atoms with Crippen LogP contribution in [0.2, 0.25) is 5.02 Å². The molecule has 152 valence electrons. The van der Waals surface area contributed by atoms with Crippen LogP contribution in [-0.4, -0.2) is 28.1 Å². The summed E-state index contributed by atoms with van der Waals surface area (Å²) in [7, 11) is 0. The van der Waals surface area contributed by atoms with E-state index in [1.165, 1.54) is 24.8 Å². The highest BCUT2D eigenvalue weighted by atomic mass is 35.5. The first-order valence-electron chi connectivity index (χ1n) is 9.21. The highest BCUT2D eigenvalue weighted by molar-refractivity contribution is 6.33. The second-order valence-corrected chi connectivity index (χ2v) is 6.76. The number of halogens is 1. The summed E-state index contributed by atoms with van der Waals surface area (Å²) in [6.45, 7) is 0. The van der Waals surface area contributed by atoms with Gasteiger partial charge in [0.15, 0.2) is 0 Å². The Bertz CT molecular complexity index is 1290. The number of carbonyl (C=O) groups excluding carboxylic acids is 2. The van der Waals surface area contributed by atoms with Crippen LogP contribution in [0.4, 0.5) is 0 Å². The van der Waals surface area contributed by atoms with E-state index in [1.807, 2.05) is 30.3 Å². The minimum absolute atomic E-state index is 0.128. The van der Waals surface area contributed by atoms with E-state index in [9.17, 15) is 9.59 Å². The molecule has 7 nitrogen and oxygen atoms in total. The molecule has 0 spiro atoms. The number of hydrazone groups is 1. The van der Waals surface area contributed by atoms with Crippen LogP contribution in [-0.2, 0) is 0 Å². The standard InChI is InChI=1S/C23H15ClN4O3/c24-19-8-4-3-7-17(19)23(30)31-21-10-9-15-5-1-2-6-16(15)18(21)13-27-28-22(29)20-14-25-11-12-26-20/h1-14H,(H,28,29). The van der Waals surface area contributed by atoms with E-state index in [1.54, 1.807) is 30.3 Å². The van der Waals surface area contributed by atoms with Crippen molar-refractivity contribution in [1.82, 2.24) is 15.4 Å². The van der Waals surface area contributed by atoms with Crippen molar-refractivity contribution in [3.63, 3.8) is 0 Å². The van der Waals surface area contributed by atoms with Gasteiger partial charge in [-0.05, 0) is 29.0 Å². The van der Waals surface area contributed by atoms with Gasteiger partial charge in [-0.15, -0.1) is 0 Å². The van der Waals surface area contributed by atoms with Gasteiger partial charge in [-0.2, -0.15) is 5.10 Å². The topological polar surface area (TPSA) is 93.5 Å². The molecular weight excluding hydrogens is 416 g/mol. The summed E-state index contributed by atoms with van der Waals surface area (Å²) >= 11 is 6.11. The molecule has 8 heteroatoms. The third-order valence-corrected chi connectivity index (χ3v) is 4.71. The average molecular weight is 431 g/mol. The number of nitrogens with one attached hydrogen (secondary N) is 1. The number of esters is 1. The van der Waals surface area contributed by atoms with Crippen molar-refractivity contribution in [3.05, 3.63) is 101 Å². The quantitative estimate of drug-likeness (QED) is 0.221. The first kappa shape index (κ1) is 20.2. The maximum absolute atomic E-state index is 12.7. The summed E-state index contributed by atoms with van der Waals surface area (Å²) in [5.41, 5.74) is 3.30. The first-order chi connectivity index (χ1) is 15.1. The van der Waals surface area contributed by atoms with Gasteiger partial charge >= 0.3 is 5.97 Å². The molecule has 1 aromatic heterocycles. The lowest BCUT2D eigenvalue weighted by molar-refractivity contribution is 0.0734. The predicted octanol–water partition coefficient (Wildman–Crippen LogP) is 4.27. The van der Waals surface area contributed by atoms with Gasteiger partial charge in [-0.3, -0.25) is 9.78 Å². The monoisotopic (exact) mass is 430 g/mol.